The Morgan fingerprint density at radius 2 is 2.15 bits per heavy atom. The van der Waals surface area contributed by atoms with E-state index in [4.69, 9.17) is 10.6 Å². The molecule has 0 amide bonds. The third kappa shape index (κ3) is 3.00. The molecule has 104 valence electrons. The largest absolute Gasteiger partial charge is 0.432 e. The van der Waals surface area contributed by atoms with Crippen LogP contribution in [0.15, 0.2) is 34.8 Å². The van der Waals surface area contributed by atoms with Gasteiger partial charge in [0.2, 0.25) is 0 Å². The smallest absolute Gasteiger partial charge is 0.331 e. The van der Waals surface area contributed by atoms with E-state index in [9.17, 15) is 14.5 Å². The molecule has 7 nitrogen and oxygen atoms in total. The minimum Gasteiger partial charge on any atom is -0.432 e. The first-order chi connectivity index (χ1) is 9.51. The SMILES string of the molecule is NNc1ccc([N+](=O)[O-])c(Oc2ccc(F)cc2Br)n1. The summed E-state index contributed by atoms with van der Waals surface area (Å²) in [5.74, 6) is 4.86. The second-order valence-corrected chi connectivity index (χ2v) is 4.45. The van der Waals surface area contributed by atoms with Gasteiger partial charge >= 0.3 is 11.6 Å². The number of pyridine rings is 1. The highest BCUT2D eigenvalue weighted by molar-refractivity contribution is 9.10. The number of nitrogens with zero attached hydrogens (tertiary/aromatic N) is 2. The predicted molar refractivity (Wildman–Crippen MR) is 72.9 cm³/mol. The summed E-state index contributed by atoms with van der Waals surface area (Å²) in [5, 5.41) is 10.9. The van der Waals surface area contributed by atoms with E-state index in [1.165, 1.54) is 24.3 Å². The first-order valence-electron chi connectivity index (χ1n) is 5.26. The summed E-state index contributed by atoms with van der Waals surface area (Å²) in [4.78, 5) is 14.1. The van der Waals surface area contributed by atoms with Crippen molar-refractivity contribution in [2.75, 3.05) is 5.43 Å². The van der Waals surface area contributed by atoms with Gasteiger partial charge < -0.3 is 10.2 Å². The molecule has 0 saturated heterocycles. The van der Waals surface area contributed by atoms with Crippen LogP contribution in [0.25, 0.3) is 0 Å². The average molecular weight is 343 g/mol. The Labute approximate surface area is 120 Å². The van der Waals surface area contributed by atoms with Crippen molar-refractivity contribution >= 4 is 27.4 Å². The Morgan fingerprint density at radius 1 is 1.40 bits per heavy atom. The molecule has 2 rings (SSSR count). The summed E-state index contributed by atoms with van der Waals surface area (Å²) in [5.41, 5.74) is 1.92. The molecule has 0 aliphatic rings. The van der Waals surface area contributed by atoms with Crippen molar-refractivity contribution in [3.63, 3.8) is 0 Å². The molecule has 20 heavy (non-hydrogen) atoms. The van der Waals surface area contributed by atoms with Crippen molar-refractivity contribution in [2.45, 2.75) is 0 Å². The molecule has 0 aliphatic carbocycles. The van der Waals surface area contributed by atoms with Gasteiger partial charge in [0.25, 0.3) is 0 Å². The van der Waals surface area contributed by atoms with Crippen molar-refractivity contribution in [3.05, 3.63) is 50.7 Å². The van der Waals surface area contributed by atoms with Gasteiger partial charge in [-0.25, -0.2) is 10.2 Å². The fourth-order valence-electron chi connectivity index (χ4n) is 1.39. The molecule has 9 heteroatoms. The van der Waals surface area contributed by atoms with Crippen LogP contribution in [0.4, 0.5) is 15.9 Å². The number of anilines is 1. The van der Waals surface area contributed by atoms with E-state index >= 15 is 0 Å². The molecule has 0 saturated carbocycles. The molecule has 0 unspecified atom stereocenters. The molecule has 0 radical (unpaired) electrons. The Hall–Kier alpha value is -2.26. The second-order valence-electron chi connectivity index (χ2n) is 3.60. The Morgan fingerprint density at radius 3 is 2.75 bits per heavy atom. The number of nitrogens with one attached hydrogen (secondary N) is 1. The van der Waals surface area contributed by atoms with Crippen molar-refractivity contribution in [2.24, 2.45) is 5.84 Å². The number of ether oxygens (including phenoxy) is 1. The van der Waals surface area contributed by atoms with Gasteiger partial charge in [-0.1, -0.05) is 0 Å². The van der Waals surface area contributed by atoms with Crippen LogP contribution in [0, 0.1) is 15.9 Å². The summed E-state index contributed by atoms with van der Waals surface area (Å²) in [6, 6.07) is 6.20. The third-order valence-corrected chi connectivity index (χ3v) is 2.91. The molecule has 1 aromatic carbocycles. The number of halogens is 2. The topological polar surface area (TPSA) is 103 Å². The van der Waals surface area contributed by atoms with Crippen LogP contribution in [-0.2, 0) is 0 Å². The summed E-state index contributed by atoms with van der Waals surface area (Å²) >= 11 is 3.10. The van der Waals surface area contributed by atoms with E-state index in [1.54, 1.807) is 0 Å². The van der Waals surface area contributed by atoms with Gasteiger partial charge in [0.1, 0.15) is 17.4 Å². The van der Waals surface area contributed by atoms with Crippen LogP contribution in [-0.4, -0.2) is 9.91 Å². The summed E-state index contributed by atoms with van der Waals surface area (Å²) in [6.07, 6.45) is 0. The fraction of sp³-hybridized carbons (Fsp3) is 0. The van der Waals surface area contributed by atoms with Crippen LogP contribution >= 0.6 is 15.9 Å². The van der Waals surface area contributed by atoms with Gasteiger partial charge in [0.05, 0.1) is 9.40 Å². The number of hydrogen-bond acceptors (Lipinski definition) is 6. The molecule has 0 aliphatic heterocycles. The van der Waals surface area contributed by atoms with E-state index in [2.05, 4.69) is 26.3 Å². The molecule has 0 fully saturated rings. The lowest BCUT2D eigenvalue weighted by atomic mass is 10.3. The normalized spacial score (nSPS) is 10.2. The first-order valence-corrected chi connectivity index (χ1v) is 6.05. The first kappa shape index (κ1) is 14.2. The molecule has 3 N–H and O–H groups in total. The number of hydrazine groups is 1. The number of rotatable bonds is 4. The number of nitrogens with two attached hydrogens (primary N) is 1. The highest BCUT2D eigenvalue weighted by Crippen LogP contribution is 2.34. The summed E-state index contributed by atoms with van der Waals surface area (Å²) in [6.45, 7) is 0. The highest BCUT2D eigenvalue weighted by Gasteiger charge is 2.19. The zero-order chi connectivity index (χ0) is 14.7. The van der Waals surface area contributed by atoms with Gasteiger partial charge in [-0.05, 0) is 40.2 Å². The molecular formula is C11H8BrFN4O3. The molecule has 0 atom stereocenters. The molecule has 0 spiro atoms. The number of aromatic nitrogens is 1. The van der Waals surface area contributed by atoms with Crippen molar-refractivity contribution in [3.8, 4) is 11.6 Å². The van der Waals surface area contributed by atoms with Gasteiger partial charge in [-0.15, -0.1) is 0 Å². The summed E-state index contributed by atoms with van der Waals surface area (Å²) < 4.78 is 18.6. The average Bonchev–Trinajstić information content (AvgIpc) is 2.41. The zero-order valence-electron chi connectivity index (χ0n) is 9.84. The summed E-state index contributed by atoms with van der Waals surface area (Å²) in [7, 11) is 0. The monoisotopic (exact) mass is 342 g/mol. The molecular weight excluding hydrogens is 335 g/mol. The van der Waals surface area contributed by atoms with Gasteiger partial charge in [-0.3, -0.25) is 10.1 Å². The second kappa shape index (κ2) is 5.80. The lowest BCUT2D eigenvalue weighted by Gasteiger charge is -2.08. The van der Waals surface area contributed by atoms with Crippen molar-refractivity contribution in [1.82, 2.24) is 4.98 Å². The Balaban J connectivity index is 2.43. The molecule has 2 aromatic rings. The van der Waals surface area contributed by atoms with Crippen molar-refractivity contribution in [1.29, 1.82) is 0 Å². The maximum absolute atomic E-state index is 13.0. The Bertz CT molecular complexity index is 668. The van der Waals surface area contributed by atoms with Crippen LogP contribution in [0.5, 0.6) is 11.6 Å². The highest BCUT2D eigenvalue weighted by atomic mass is 79.9. The number of benzene rings is 1. The quantitative estimate of drug-likeness (QED) is 0.503. The van der Waals surface area contributed by atoms with E-state index < -0.39 is 10.7 Å². The van der Waals surface area contributed by atoms with E-state index in [0.717, 1.165) is 6.07 Å². The molecule has 0 bridgehead atoms. The molecule has 1 aromatic heterocycles. The maximum Gasteiger partial charge on any atom is 0.331 e. The number of hydrogen-bond donors (Lipinski definition) is 2. The van der Waals surface area contributed by atoms with Gasteiger partial charge in [0.15, 0.2) is 0 Å². The number of nitro groups is 1. The maximum atomic E-state index is 13.0. The van der Waals surface area contributed by atoms with Gasteiger partial charge in [0, 0.05) is 6.07 Å². The number of nitrogen functional groups attached to an aromatic ring is 1. The van der Waals surface area contributed by atoms with Crippen molar-refractivity contribution < 1.29 is 14.1 Å². The standard InChI is InChI=1S/C11H8BrFN4O3/c12-7-5-6(13)1-3-9(7)20-11-8(17(18)19)2-4-10(15-11)16-14/h1-5H,14H2,(H,15,16). The van der Waals surface area contributed by atoms with Crippen LogP contribution in [0.3, 0.4) is 0 Å². The Kier molecular flexibility index (Phi) is 4.11. The van der Waals surface area contributed by atoms with Gasteiger partial charge in [-0.2, -0.15) is 4.98 Å². The van der Waals surface area contributed by atoms with Crippen LogP contribution in [0.1, 0.15) is 0 Å². The van der Waals surface area contributed by atoms with E-state index in [-0.39, 0.29) is 23.1 Å². The minimum absolute atomic E-state index is 0.191. The van der Waals surface area contributed by atoms with Crippen LogP contribution < -0.4 is 16.0 Å². The van der Waals surface area contributed by atoms with E-state index in [1.807, 2.05) is 0 Å². The third-order valence-electron chi connectivity index (χ3n) is 2.29. The van der Waals surface area contributed by atoms with Crippen LogP contribution in [0.2, 0.25) is 0 Å². The lowest BCUT2D eigenvalue weighted by molar-refractivity contribution is -0.386. The minimum atomic E-state index is -0.639. The fourth-order valence-corrected chi connectivity index (χ4v) is 1.82. The predicted octanol–water partition coefficient (Wildman–Crippen LogP) is 2.97. The zero-order valence-corrected chi connectivity index (χ0v) is 11.4. The van der Waals surface area contributed by atoms with E-state index in [0.29, 0.717) is 4.47 Å². The molecule has 1 heterocycles. The lowest BCUT2D eigenvalue weighted by Crippen LogP contribution is -2.09.